The van der Waals surface area contributed by atoms with Crippen LogP contribution in [-0.2, 0) is 6.42 Å². The molecule has 2 aliphatic heterocycles. The fourth-order valence-corrected chi connectivity index (χ4v) is 4.26. The van der Waals surface area contributed by atoms with Gasteiger partial charge in [-0.05, 0) is 44.7 Å². The van der Waals surface area contributed by atoms with Gasteiger partial charge in [0, 0.05) is 35.8 Å². The van der Waals surface area contributed by atoms with Crippen molar-refractivity contribution >= 4 is 22.6 Å². The van der Waals surface area contributed by atoms with E-state index < -0.39 is 22.9 Å². The molecule has 1 aromatic carbocycles. The minimum atomic E-state index is -1.54. The third-order valence-corrected chi connectivity index (χ3v) is 5.66. The van der Waals surface area contributed by atoms with Crippen molar-refractivity contribution in [2.24, 2.45) is 0 Å². The van der Waals surface area contributed by atoms with E-state index in [0.29, 0.717) is 44.3 Å². The second kappa shape index (κ2) is 6.09. The summed E-state index contributed by atoms with van der Waals surface area (Å²) >= 11 is 0. The van der Waals surface area contributed by atoms with Crippen LogP contribution in [0.3, 0.4) is 0 Å². The molecular formula is C19H21FN2O4. The summed E-state index contributed by atoms with van der Waals surface area (Å²) in [5.41, 5.74) is 0.806. The highest BCUT2D eigenvalue weighted by Crippen LogP contribution is 2.37. The Morgan fingerprint density at radius 2 is 1.92 bits per heavy atom. The first-order chi connectivity index (χ1) is 12.4. The molecule has 2 aromatic rings. The summed E-state index contributed by atoms with van der Waals surface area (Å²) < 4.78 is 16.3. The van der Waals surface area contributed by atoms with Gasteiger partial charge in [-0.25, -0.2) is 4.79 Å². The van der Waals surface area contributed by atoms with Crippen LogP contribution in [-0.4, -0.2) is 39.9 Å². The third-order valence-electron chi connectivity index (χ3n) is 5.66. The van der Waals surface area contributed by atoms with E-state index in [-0.39, 0.29) is 17.5 Å². The highest BCUT2D eigenvalue weighted by Gasteiger charge is 2.31. The van der Waals surface area contributed by atoms with Gasteiger partial charge in [0.25, 0.3) is 0 Å². The zero-order chi connectivity index (χ0) is 18.6. The molecule has 4 rings (SSSR count). The minimum Gasteiger partial charge on any atom is -0.477 e. The van der Waals surface area contributed by atoms with Crippen molar-refractivity contribution in [3.63, 3.8) is 0 Å². The van der Waals surface area contributed by atoms with Crippen LogP contribution in [0.25, 0.3) is 10.9 Å². The number of aromatic nitrogens is 1. The number of benzene rings is 1. The van der Waals surface area contributed by atoms with Crippen molar-refractivity contribution in [3.8, 4) is 0 Å². The van der Waals surface area contributed by atoms with E-state index in [1.54, 1.807) is 6.07 Å². The molecule has 1 unspecified atom stereocenters. The molecule has 0 amide bonds. The lowest BCUT2D eigenvalue weighted by Gasteiger charge is -2.35. The summed E-state index contributed by atoms with van der Waals surface area (Å²) in [5, 5.41) is 19.3. The maximum absolute atomic E-state index is 14.9. The zero-order valence-corrected chi connectivity index (χ0v) is 14.5. The first kappa shape index (κ1) is 17.0. The fraction of sp³-hybridized carbons (Fsp3) is 0.474. The van der Waals surface area contributed by atoms with Gasteiger partial charge in [0.1, 0.15) is 0 Å². The Bertz CT molecular complexity index is 960. The molecule has 0 aliphatic carbocycles. The normalized spacial score (nSPS) is 20.6. The number of rotatable bonds is 2. The average molecular weight is 360 g/mol. The van der Waals surface area contributed by atoms with Gasteiger partial charge in [-0.2, -0.15) is 4.39 Å². The van der Waals surface area contributed by atoms with Crippen LogP contribution in [0.1, 0.15) is 48.1 Å². The van der Waals surface area contributed by atoms with Crippen molar-refractivity contribution in [2.75, 3.05) is 18.0 Å². The van der Waals surface area contributed by atoms with Crippen LogP contribution in [0.15, 0.2) is 16.9 Å². The molecule has 26 heavy (non-hydrogen) atoms. The number of nitrogens with zero attached hydrogens (tertiary/aromatic N) is 2. The number of piperidine rings is 1. The smallest absolute Gasteiger partial charge is 0.344 e. The molecule has 1 fully saturated rings. The number of aliphatic hydroxyl groups excluding tert-OH is 1. The van der Waals surface area contributed by atoms with Gasteiger partial charge >= 0.3 is 5.97 Å². The standard InChI is InChI=1S/C19H21FN2O4/c1-10-2-3-12-14(21-8-6-11(23)7-9-21)5-4-13-16(12)22(10)18(20)15(17(13)24)19(25)26/h4-5,10-11,23H,2-3,6-9H2,1H3,(H,25,26). The van der Waals surface area contributed by atoms with Crippen LogP contribution in [0.4, 0.5) is 10.1 Å². The van der Waals surface area contributed by atoms with Crippen molar-refractivity contribution in [3.05, 3.63) is 39.4 Å². The monoisotopic (exact) mass is 360 g/mol. The number of hydrogen-bond acceptors (Lipinski definition) is 4. The molecule has 2 aliphatic rings. The van der Waals surface area contributed by atoms with Gasteiger partial charge in [0.05, 0.1) is 11.6 Å². The number of aliphatic hydroxyl groups is 1. The predicted molar refractivity (Wildman–Crippen MR) is 95.6 cm³/mol. The lowest BCUT2D eigenvalue weighted by molar-refractivity contribution is 0.0688. The Balaban J connectivity index is 2.00. The summed E-state index contributed by atoms with van der Waals surface area (Å²) in [7, 11) is 0. The summed E-state index contributed by atoms with van der Waals surface area (Å²) in [6.07, 6.45) is 2.43. The van der Waals surface area contributed by atoms with E-state index in [4.69, 9.17) is 0 Å². The molecule has 0 bridgehead atoms. The molecule has 3 heterocycles. The van der Waals surface area contributed by atoms with E-state index in [1.807, 2.05) is 13.0 Å². The van der Waals surface area contributed by atoms with Gasteiger partial charge in [-0.3, -0.25) is 4.79 Å². The maximum Gasteiger partial charge on any atom is 0.344 e. The number of pyridine rings is 1. The van der Waals surface area contributed by atoms with Crippen LogP contribution in [0.5, 0.6) is 0 Å². The van der Waals surface area contributed by atoms with Gasteiger partial charge < -0.3 is 19.7 Å². The second-order valence-electron chi connectivity index (χ2n) is 7.24. The topological polar surface area (TPSA) is 82.8 Å². The van der Waals surface area contributed by atoms with Crippen molar-refractivity contribution < 1.29 is 19.4 Å². The summed E-state index contributed by atoms with van der Waals surface area (Å²) in [5.74, 6) is -2.50. The lowest BCUT2D eigenvalue weighted by Crippen LogP contribution is -2.37. The van der Waals surface area contributed by atoms with Gasteiger partial charge in [0.15, 0.2) is 5.56 Å². The number of carboxylic acid groups (broad SMARTS) is 1. The summed E-state index contributed by atoms with van der Waals surface area (Å²) in [4.78, 5) is 26.2. The number of anilines is 1. The molecule has 0 spiro atoms. The van der Waals surface area contributed by atoms with Crippen LogP contribution in [0.2, 0.25) is 0 Å². The molecule has 2 N–H and O–H groups in total. The molecule has 7 heteroatoms. The van der Waals surface area contributed by atoms with Gasteiger partial charge in [-0.1, -0.05) is 0 Å². The molecule has 0 saturated carbocycles. The largest absolute Gasteiger partial charge is 0.477 e. The molecule has 1 aromatic heterocycles. The summed E-state index contributed by atoms with van der Waals surface area (Å²) in [6.45, 7) is 3.25. The molecule has 138 valence electrons. The van der Waals surface area contributed by atoms with Gasteiger partial charge in [0.2, 0.25) is 11.4 Å². The predicted octanol–water partition coefficient (Wildman–Crippen LogP) is 2.31. The second-order valence-corrected chi connectivity index (χ2v) is 7.24. The fourth-order valence-electron chi connectivity index (χ4n) is 4.26. The number of hydrogen-bond donors (Lipinski definition) is 2. The first-order valence-corrected chi connectivity index (χ1v) is 8.96. The lowest BCUT2D eigenvalue weighted by atomic mass is 9.93. The van der Waals surface area contributed by atoms with Gasteiger partial charge in [-0.15, -0.1) is 0 Å². The van der Waals surface area contributed by atoms with Crippen LogP contribution >= 0.6 is 0 Å². The maximum atomic E-state index is 14.9. The van der Waals surface area contributed by atoms with E-state index in [1.165, 1.54) is 4.57 Å². The molecule has 0 radical (unpaired) electrons. The van der Waals surface area contributed by atoms with E-state index in [0.717, 1.165) is 11.3 Å². The Labute approximate surface area is 149 Å². The number of carbonyl (C=O) groups is 1. The number of carboxylic acids is 1. The SMILES string of the molecule is CC1CCc2c(N3CCC(O)CC3)ccc3c(=O)c(C(=O)O)c(F)n1c23. The average Bonchev–Trinajstić information content (AvgIpc) is 2.60. The molecule has 6 nitrogen and oxygen atoms in total. The Morgan fingerprint density at radius 3 is 2.58 bits per heavy atom. The zero-order valence-electron chi connectivity index (χ0n) is 14.5. The molecule has 1 atom stereocenters. The van der Waals surface area contributed by atoms with E-state index >= 15 is 0 Å². The number of aromatic carboxylic acids is 1. The minimum absolute atomic E-state index is 0.220. The van der Waals surface area contributed by atoms with Crippen LogP contribution < -0.4 is 10.3 Å². The van der Waals surface area contributed by atoms with E-state index in [9.17, 15) is 24.2 Å². The van der Waals surface area contributed by atoms with Crippen molar-refractivity contribution in [1.29, 1.82) is 0 Å². The summed E-state index contributed by atoms with van der Waals surface area (Å²) in [6, 6.07) is 3.23. The highest BCUT2D eigenvalue weighted by atomic mass is 19.1. The quantitative estimate of drug-likeness (QED) is 0.803. The van der Waals surface area contributed by atoms with Crippen molar-refractivity contribution in [1.82, 2.24) is 4.57 Å². The Kier molecular flexibility index (Phi) is 3.99. The third kappa shape index (κ3) is 2.41. The molecular weight excluding hydrogens is 339 g/mol. The molecule has 1 saturated heterocycles. The van der Waals surface area contributed by atoms with Crippen LogP contribution in [0, 0.1) is 5.95 Å². The first-order valence-electron chi connectivity index (χ1n) is 8.96. The Hall–Kier alpha value is -2.41. The number of aryl methyl sites for hydroxylation is 1. The Morgan fingerprint density at radius 1 is 1.23 bits per heavy atom. The highest BCUT2D eigenvalue weighted by molar-refractivity contribution is 5.95. The van der Waals surface area contributed by atoms with Crippen molar-refractivity contribution in [2.45, 2.75) is 44.8 Å². The van der Waals surface area contributed by atoms with E-state index in [2.05, 4.69) is 4.90 Å². The number of halogens is 1.